The second kappa shape index (κ2) is 4.74. The highest BCUT2D eigenvalue weighted by Gasteiger charge is 2.13. The monoisotopic (exact) mass is 220 g/mol. The molecule has 0 atom stereocenters. The van der Waals surface area contributed by atoms with Gasteiger partial charge in [-0.2, -0.15) is 0 Å². The van der Waals surface area contributed by atoms with Crippen molar-refractivity contribution in [1.29, 1.82) is 0 Å². The van der Waals surface area contributed by atoms with E-state index in [1.54, 1.807) is 6.08 Å². The number of hydrogen-bond acceptors (Lipinski definition) is 4. The summed E-state index contributed by atoms with van der Waals surface area (Å²) in [5.74, 6) is 0.101. The average molecular weight is 220 g/mol. The highest BCUT2D eigenvalue weighted by Crippen LogP contribution is 2.17. The molecular weight excluding hydrogens is 204 g/mol. The quantitative estimate of drug-likeness (QED) is 0.823. The highest BCUT2D eigenvalue weighted by molar-refractivity contribution is 5.91. The molecule has 0 radical (unpaired) electrons. The number of hydrogen-bond donors (Lipinski definition) is 1. The lowest BCUT2D eigenvalue weighted by atomic mass is 10.3. The van der Waals surface area contributed by atoms with E-state index in [9.17, 15) is 4.79 Å². The fraction of sp³-hybridized carbons (Fsp3) is 0.364. The fourth-order valence-corrected chi connectivity index (χ4v) is 1.17. The molecule has 0 spiro atoms. The van der Waals surface area contributed by atoms with Gasteiger partial charge in [0.05, 0.1) is 6.20 Å². The summed E-state index contributed by atoms with van der Waals surface area (Å²) in [5, 5.41) is 0. The molecule has 1 amide bonds. The van der Waals surface area contributed by atoms with Crippen LogP contribution in [-0.4, -0.2) is 29.0 Å². The average Bonchev–Trinajstić information content (AvgIpc) is 2.26. The van der Waals surface area contributed by atoms with Crippen LogP contribution in [0.4, 0.5) is 5.82 Å². The normalized spacial score (nSPS) is 10.2. The van der Waals surface area contributed by atoms with Gasteiger partial charge in [0.1, 0.15) is 11.4 Å². The van der Waals surface area contributed by atoms with Crippen LogP contribution in [0.15, 0.2) is 12.8 Å². The summed E-state index contributed by atoms with van der Waals surface area (Å²) in [6.45, 7) is 7.73. The van der Waals surface area contributed by atoms with Gasteiger partial charge in [-0.05, 0) is 19.9 Å². The predicted molar refractivity (Wildman–Crippen MR) is 64.2 cm³/mol. The largest absolute Gasteiger partial charge is 0.364 e. The van der Waals surface area contributed by atoms with Crippen molar-refractivity contribution < 1.29 is 4.79 Å². The maximum Gasteiger partial charge on any atom is 0.268 e. The first-order valence-electron chi connectivity index (χ1n) is 4.99. The summed E-state index contributed by atoms with van der Waals surface area (Å²) in [4.78, 5) is 21.2. The number of anilines is 1. The van der Waals surface area contributed by atoms with E-state index in [-0.39, 0.29) is 11.7 Å². The lowest BCUT2D eigenvalue weighted by molar-refractivity contribution is 0.0995. The lowest BCUT2D eigenvalue weighted by Crippen LogP contribution is -2.28. The van der Waals surface area contributed by atoms with Crippen LogP contribution in [0.25, 0.3) is 6.08 Å². The van der Waals surface area contributed by atoms with E-state index in [1.807, 2.05) is 25.8 Å². The van der Waals surface area contributed by atoms with Gasteiger partial charge in [-0.1, -0.05) is 6.58 Å². The van der Waals surface area contributed by atoms with Crippen molar-refractivity contribution in [2.75, 3.05) is 11.9 Å². The van der Waals surface area contributed by atoms with Crippen LogP contribution in [0.1, 0.15) is 30.0 Å². The van der Waals surface area contributed by atoms with Gasteiger partial charge in [0.2, 0.25) is 0 Å². The Morgan fingerprint density at radius 3 is 2.69 bits per heavy atom. The van der Waals surface area contributed by atoms with Crippen LogP contribution in [0, 0.1) is 0 Å². The standard InChI is InChI=1S/C11H16N4O/c1-5-8-11(15(4)7(2)3)13-6-9(14-8)10(12)16/h5-7H,1H2,2-4H3,(H2,12,16). The van der Waals surface area contributed by atoms with Crippen molar-refractivity contribution in [2.24, 2.45) is 5.73 Å². The van der Waals surface area contributed by atoms with Gasteiger partial charge in [-0.3, -0.25) is 4.79 Å². The molecule has 16 heavy (non-hydrogen) atoms. The molecule has 0 aliphatic carbocycles. The molecule has 5 nitrogen and oxygen atoms in total. The van der Waals surface area contributed by atoms with Crippen LogP contribution in [0.2, 0.25) is 0 Å². The van der Waals surface area contributed by atoms with Gasteiger partial charge in [0.15, 0.2) is 5.82 Å². The molecule has 0 unspecified atom stereocenters. The van der Waals surface area contributed by atoms with Gasteiger partial charge in [-0.15, -0.1) is 0 Å². The molecule has 0 bridgehead atoms. The van der Waals surface area contributed by atoms with Gasteiger partial charge in [0, 0.05) is 13.1 Å². The molecule has 0 aliphatic heterocycles. The Labute approximate surface area is 95.0 Å². The maximum absolute atomic E-state index is 11.0. The van der Waals surface area contributed by atoms with Crippen LogP contribution in [0.3, 0.4) is 0 Å². The molecule has 0 aromatic carbocycles. The fourth-order valence-electron chi connectivity index (χ4n) is 1.17. The number of primary amides is 1. The Morgan fingerprint density at radius 1 is 1.62 bits per heavy atom. The number of nitrogens with zero attached hydrogens (tertiary/aromatic N) is 3. The zero-order valence-electron chi connectivity index (χ0n) is 9.77. The molecule has 2 N–H and O–H groups in total. The number of nitrogens with two attached hydrogens (primary N) is 1. The summed E-state index contributed by atoms with van der Waals surface area (Å²) in [6, 6.07) is 0.285. The Morgan fingerprint density at radius 2 is 2.25 bits per heavy atom. The molecule has 0 aliphatic rings. The van der Waals surface area contributed by atoms with Gasteiger partial charge >= 0.3 is 0 Å². The van der Waals surface area contributed by atoms with E-state index < -0.39 is 5.91 Å². The third-order valence-electron chi connectivity index (χ3n) is 2.33. The zero-order valence-corrected chi connectivity index (χ0v) is 9.77. The van der Waals surface area contributed by atoms with Crippen LogP contribution >= 0.6 is 0 Å². The SMILES string of the molecule is C=Cc1nc(C(N)=O)cnc1N(C)C(C)C. The van der Waals surface area contributed by atoms with Crippen molar-refractivity contribution in [3.05, 3.63) is 24.2 Å². The third kappa shape index (κ3) is 2.36. The number of carbonyl (C=O) groups excluding carboxylic acids is 1. The maximum atomic E-state index is 11.0. The van der Waals surface area contributed by atoms with E-state index in [0.29, 0.717) is 11.5 Å². The summed E-state index contributed by atoms with van der Waals surface area (Å²) in [7, 11) is 1.91. The number of rotatable bonds is 4. The molecule has 0 saturated heterocycles. The van der Waals surface area contributed by atoms with Crippen LogP contribution in [-0.2, 0) is 0 Å². The van der Waals surface area contributed by atoms with E-state index in [1.165, 1.54) is 6.20 Å². The van der Waals surface area contributed by atoms with E-state index >= 15 is 0 Å². The molecule has 86 valence electrons. The second-order valence-electron chi connectivity index (χ2n) is 3.74. The molecule has 1 heterocycles. The predicted octanol–water partition coefficient (Wildman–Crippen LogP) is 1.06. The third-order valence-corrected chi connectivity index (χ3v) is 2.33. The first kappa shape index (κ1) is 12.2. The Balaban J connectivity index is 3.21. The second-order valence-corrected chi connectivity index (χ2v) is 3.74. The summed E-state index contributed by atoms with van der Waals surface area (Å²) in [5.41, 5.74) is 5.85. The van der Waals surface area contributed by atoms with Crippen molar-refractivity contribution in [1.82, 2.24) is 9.97 Å². The minimum atomic E-state index is -0.589. The number of amides is 1. The first-order chi connectivity index (χ1) is 7.47. The molecular formula is C11H16N4O. The molecule has 5 heteroatoms. The van der Waals surface area contributed by atoms with E-state index in [4.69, 9.17) is 5.73 Å². The smallest absolute Gasteiger partial charge is 0.268 e. The minimum Gasteiger partial charge on any atom is -0.364 e. The van der Waals surface area contributed by atoms with Gasteiger partial charge in [-0.25, -0.2) is 9.97 Å². The summed E-state index contributed by atoms with van der Waals surface area (Å²) < 4.78 is 0. The Bertz CT molecular complexity index is 414. The Kier molecular flexibility index (Phi) is 3.60. The van der Waals surface area contributed by atoms with Crippen molar-refractivity contribution in [3.63, 3.8) is 0 Å². The highest BCUT2D eigenvalue weighted by atomic mass is 16.1. The minimum absolute atomic E-state index is 0.149. The molecule has 0 fully saturated rings. The number of aromatic nitrogens is 2. The van der Waals surface area contributed by atoms with Gasteiger partial charge < -0.3 is 10.6 Å². The molecule has 0 saturated carbocycles. The van der Waals surface area contributed by atoms with Crippen molar-refractivity contribution >= 4 is 17.8 Å². The van der Waals surface area contributed by atoms with Crippen molar-refractivity contribution in [2.45, 2.75) is 19.9 Å². The van der Waals surface area contributed by atoms with Crippen molar-refractivity contribution in [3.8, 4) is 0 Å². The van der Waals surface area contributed by atoms with E-state index in [0.717, 1.165) is 0 Å². The van der Waals surface area contributed by atoms with E-state index in [2.05, 4.69) is 16.5 Å². The Hall–Kier alpha value is -1.91. The molecule has 1 rings (SSSR count). The first-order valence-corrected chi connectivity index (χ1v) is 4.99. The molecule has 1 aromatic rings. The molecule has 1 aromatic heterocycles. The summed E-state index contributed by atoms with van der Waals surface area (Å²) in [6.07, 6.45) is 2.94. The van der Waals surface area contributed by atoms with Crippen LogP contribution in [0.5, 0.6) is 0 Å². The zero-order chi connectivity index (χ0) is 12.3. The van der Waals surface area contributed by atoms with Gasteiger partial charge in [0.25, 0.3) is 5.91 Å². The topological polar surface area (TPSA) is 72.1 Å². The van der Waals surface area contributed by atoms with Crippen LogP contribution < -0.4 is 10.6 Å². The number of carbonyl (C=O) groups is 1. The summed E-state index contributed by atoms with van der Waals surface area (Å²) >= 11 is 0. The lowest BCUT2D eigenvalue weighted by Gasteiger charge is -2.23.